The molecule has 1 unspecified atom stereocenters. The van der Waals surface area contributed by atoms with E-state index in [4.69, 9.17) is 9.47 Å². The van der Waals surface area contributed by atoms with Crippen LogP contribution in [0, 0.1) is 0 Å². The van der Waals surface area contributed by atoms with E-state index in [0.717, 1.165) is 36.0 Å². The molecule has 6 heteroatoms. The van der Waals surface area contributed by atoms with Gasteiger partial charge in [-0.2, -0.15) is 0 Å². The van der Waals surface area contributed by atoms with Crippen LogP contribution in [0.15, 0.2) is 23.2 Å². The highest BCUT2D eigenvalue weighted by Gasteiger charge is 2.05. The van der Waals surface area contributed by atoms with Gasteiger partial charge in [0, 0.05) is 12.6 Å². The van der Waals surface area contributed by atoms with Gasteiger partial charge >= 0.3 is 0 Å². The molecule has 1 rings (SSSR count). The van der Waals surface area contributed by atoms with E-state index in [9.17, 15) is 0 Å². The van der Waals surface area contributed by atoms with E-state index in [-0.39, 0.29) is 24.0 Å². The molecule has 22 heavy (non-hydrogen) atoms. The van der Waals surface area contributed by atoms with Crippen molar-refractivity contribution in [2.24, 2.45) is 4.99 Å². The summed E-state index contributed by atoms with van der Waals surface area (Å²) in [4.78, 5) is 4.60. The van der Waals surface area contributed by atoms with Gasteiger partial charge < -0.3 is 20.1 Å². The smallest absolute Gasteiger partial charge is 0.191 e. The summed E-state index contributed by atoms with van der Waals surface area (Å²) in [6, 6.07) is 6.25. The topological polar surface area (TPSA) is 54.9 Å². The van der Waals surface area contributed by atoms with Crippen molar-refractivity contribution in [2.75, 3.05) is 20.8 Å². The maximum absolute atomic E-state index is 5.31. The Balaban J connectivity index is 0.00000441. The zero-order chi connectivity index (χ0) is 15.7. The van der Waals surface area contributed by atoms with Gasteiger partial charge in [-0.25, -0.2) is 4.99 Å². The molecular weight excluding hydrogens is 393 g/mol. The molecule has 0 aliphatic rings. The van der Waals surface area contributed by atoms with Gasteiger partial charge in [0.25, 0.3) is 0 Å². The number of methoxy groups -OCH3 is 2. The van der Waals surface area contributed by atoms with Crippen molar-refractivity contribution in [3.05, 3.63) is 23.8 Å². The van der Waals surface area contributed by atoms with Crippen LogP contribution < -0.4 is 20.1 Å². The summed E-state index contributed by atoms with van der Waals surface area (Å²) in [5, 5.41) is 6.62. The van der Waals surface area contributed by atoms with Gasteiger partial charge in [-0.3, -0.25) is 0 Å². The molecule has 0 amide bonds. The minimum Gasteiger partial charge on any atom is -0.493 e. The average molecular weight is 421 g/mol. The molecule has 0 aliphatic carbocycles. The number of benzene rings is 1. The summed E-state index contributed by atoms with van der Waals surface area (Å²) in [5.41, 5.74) is 1.08. The van der Waals surface area contributed by atoms with Gasteiger partial charge in [0.15, 0.2) is 17.5 Å². The second-order valence-corrected chi connectivity index (χ2v) is 4.84. The number of nitrogens with one attached hydrogen (secondary N) is 2. The van der Waals surface area contributed by atoms with E-state index < -0.39 is 0 Å². The van der Waals surface area contributed by atoms with E-state index in [1.807, 2.05) is 18.2 Å². The van der Waals surface area contributed by atoms with Gasteiger partial charge in [-0.15, -0.1) is 24.0 Å². The number of ether oxygens (including phenoxy) is 2. The Hall–Kier alpha value is -1.18. The number of guanidine groups is 1. The zero-order valence-corrected chi connectivity index (χ0v) is 16.4. The van der Waals surface area contributed by atoms with Crippen LogP contribution in [0.3, 0.4) is 0 Å². The Bertz CT molecular complexity index is 467. The number of hydrogen-bond acceptors (Lipinski definition) is 3. The van der Waals surface area contributed by atoms with E-state index >= 15 is 0 Å². The molecule has 0 bridgehead atoms. The van der Waals surface area contributed by atoms with Gasteiger partial charge in [0.05, 0.1) is 20.8 Å². The van der Waals surface area contributed by atoms with Gasteiger partial charge in [-0.1, -0.05) is 13.0 Å². The maximum Gasteiger partial charge on any atom is 0.191 e. The van der Waals surface area contributed by atoms with Crippen LogP contribution in [0.2, 0.25) is 0 Å². The molecule has 0 radical (unpaired) electrons. The van der Waals surface area contributed by atoms with Gasteiger partial charge in [-0.05, 0) is 38.0 Å². The Kier molecular flexibility index (Phi) is 10.8. The molecule has 0 aliphatic heterocycles. The second kappa shape index (κ2) is 11.4. The predicted octanol–water partition coefficient (Wildman–Crippen LogP) is 3.18. The van der Waals surface area contributed by atoms with Crippen LogP contribution in [0.4, 0.5) is 0 Å². The fourth-order valence-corrected chi connectivity index (χ4v) is 1.80. The summed E-state index contributed by atoms with van der Waals surface area (Å²) in [6.07, 6.45) is 1.06. The Morgan fingerprint density at radius 2 is 1.86 bits per heavy atom. The van der Waals surface area contributed by atoms with E-state index in [2.05, 4.69) is 36.4 Å². The van der Waals surface area contributed by atoms with Crippen molar-refractivity contribution in [1.82, 2.24) is 10.6 Å². The minimum atomic E-state index is 0. The number of hydrogen-bond donors (Lipinski definition) is 2. The van der Waals surface area contributed by atoms with E-state index in [0.29, 0.717) is 12.6 Å². The molecule has 0 spiro atoms. The first-order valence-electron chi connectivity index (χ1n) is 7.40. The van der Waals surface area contributed by atoms with Gasteiger partial charge in [0.1, 0.15) is 0 Å². The first-order chi connectivity index (χ1) is 10.1. The third-order valence-corrected chi connectivity index (χ3v) is 3.21. The van der Waals surface area contributed by atoms with Crippen molar-refractivity contribution in [2.45, 2.75) is 39.8 Å². The quantitative estimate of drug-likeness (QED) is 0.404. The largest absolute Gasteiger partial charge is 0.493 e. The highest BCUT2D eigenvalue weighted by Crippen LogP contribution is 2.27. The van der Waals surface area contributed by atoms with Crippen LogP contribution in [0.5, 0.6) is 11.5 Å². The SMILES string of the molecule is CCNC(=NCc1ccc(OC)c(OC)c1)NC(C)CC.I. The molecular formula is C16H28IN3O2. The summed E-state index contributed by atoms with van der Waals surface area (Å²) in [6.45, 7) is 7.78. The lowest BCUT2D eigenvalue weighted by Gasteiger charge is -2.16. The number of aliphatic imine (C=N–C) groups is 1. The first kappa shape index (κ1) is 20.8. The van der Waals surface area contributed by atoms with Crippen molar-refractivity contribution in [3.63, 3.8) is 0 Å². The molecule has 1 atom stereocenters. The molecule has 0 aromatic heterocycles. The number of halogens is 1. The summed E-state index contributed by atoms with van der Waals surface area (Å²) >= 11 is 0. The van der Waals surface area contributed by atoms with E-state index in [1.165, 1.54) is 0 Å². The third-order valence-electron chi connectivity index (χ3n) is 3.21. The minimum absolute atomic E-state index is 0. The lowest BCUT2D eigenvalue weighted by molar-refractivity contribution is 0.354. The summed E-state index contributed by atoms with van der Waals surface area (Å²) < 4.78 is 10.5. The highest BCUT2D eigenvalue weighted by atomic mass is 127. The Morgan fingerprint density at radius 3 is 2.41 bits per heavy atom. The molecule has 1 aromatic rings. The van der Waals surface area contributed by atoms with Crippen molar-refractivity contribution >= 4 is 29.9 Å². The van der Waals surface area contributed by atoms with E-state index in [1.54, 1.807) is 14.2 Å². The van der Waals surface area contributed by atoms with Crippen molar-refractivity contribution in [3.8, 4) is 11.5 Å². The lowest BCUT2D eigenvalue weighted by atomic mass is 10.2. The molecule has 0 heterocycles. The van der Waals surface area contributed by atoms with Gasteiger partial charge in [0.2, 0.25) is 0 Å². The Morgan fingerprint density at radius 1 is 1.18 bits per heavy atom. The standard InChI is InChI=1S/C16H27N3O2.HI/c1-6-12(3)19-16(17-7-2)18-11-13-8-9-14(20-4)15(10-13)21-5;/h8-10,12H,6-7,11H2,1-5H3,(H2,17,18,19);1H. The summed E-state index contributed by atoms with van der Waals surface area (Å²) in [7, 11) is 3.27. The summed E-state index contributed by atoms with van der Waals surface area (Å²) in [5.74, 6) is 2.29. The molecule has 1 aromatic carbocycles. The number of nitrogens with zero attached hydrogens (tertiary/aromatic N) is 1. The van der Waals surface area contributed by atoms with Crippen LogP contribution in [-0.2, 0) is 6.54 Å². The normalized spacial score (nSPS) is 12.1. The molecule has 126 valence electrons. The monoisotopic (exact) mass is 421 g/mol. The first-order valence-corrected chi connectivity index (χ1v) is 7.40. The van der Waals surface area contributed by atoms with Crippen molar-refractivity contribution < 1.29 is 9.47 Å². The van der Waals surface area contributed by atoms with Crippen molar-refractivity contribution in [1.29, 1.82) is 0 Å². The number of rotatable bonds is 7. The molecule has 0 saturated carbocycles. The Labute approximate surface area is 150 Å². The molecule has 2 N–H and O–H groups in total. The second-order valence-electron chi connectivity index (χ2n) is 4.84. The lowest BCUT2D eigenvalue weighted by Crippen LogP contribution is -2.41. The van der Waals surface area contributed by atoms with Crippen LogP contribution in [0.25, 0.3) is 0 Å². The fraction of sp³-hybridized carbons (Fsp3) is 0.562. The average Bonchev–Trinajstić information content (AvgIpc) is 2.52. The van der Waals surface area contributed by atoms with Crippen LogP contribution in [0.1, 0.15) is 32.8 Å². The molecule has 5 nitrogen and oxygen atoms in total. The molecule has 0 fully saturated rings. The predicted molar refractivity (Wildman–Crippen MR) is 103 cm³/mol. The third kappa shape index (κ3) is 6.72. The zero-order valence-electron chi connectivity index (χ0n) is 14.1. The molecule has 0 saturated heterocycles. The van der Waals surface area contributed by atoms with Crippen LogP contribution in [-0.4, -0.2) is 32.8 Å². The van der Waals surface area contributed by atoms with Crippen LogP contribution >= 0.6 is 24.0 Å². The maximum atomic E-state index is 5.31. The fourth-order valence-electron chi connectivity index (χ4n) is 1.80. The highest BCUT2D eigenvalue weighted by molar-refractivity contribution is 14.0.